The standard InChI is InChI=1S/C17H20N2O3/c1-19-15(8-5-9-16(19)21)17(22)18-12-14(10-11-20)13-6-3-2-4-7-13/h2-9,14,20H,10-12H2,1H3,(H,18,22). The van der Waals surface area contributed by atoms with Crippen molar-refractivity contribution >= 4 is 5.91 Å². The van der Waals surface area contributed by atoms with Gasteiger partial charge in [-0.05, 0) is 18.1 Å². The molecule has 1 heterocycles. The molecule has 0 aliphatic carbocycles. The van der Waals surface area contributed by atoms with E-state index in [-0.39, 0.29) is 24.0 Å². The van der Waals surface area contributed by atoms with E-state index >= 15 is 0 Å². The third-order valence-electron chi connectivity index (χ3n) is 3.68. The predicted molar refractivity (Wildman–Crippen MR) is 84.9 cm³/mol. The van der Waals surface area contributed by atoms with Crippen LogP contribution >= 0.6 is 0 Å². The number of nitrogens with one attached hydrogen (secondary N) is 1. The molecule has 1 unspecified atom stereocenters. The number of amides is 1. The number of benzene rings is 1. The highest BCUT2D eigenvalue weighted by molar-refractivity contribution is 5.92. The number of rotatable bonds is 6. The molecule has 2 aromatic rings. The lowest BCUT2D eigenvalue weighted by molar-refractivity contribution is 0.0940. The molecule has 1 aromatic carbocycles. The van der Waals surface area contributed by atoms with Gasteiger partial charge in [-0.15, -0.1) is 0 Å². The van der Waals surface area contributed by atoms with Crippen LogP contribution in [0, 0.1) is 0 Å². The maximum absolute atomic E-state index is 12.2. The lowest BCUT2D eigenvalue weighted by atomic mass is 9.96. The summed E-state index contributed by atoms with van der Waals surface area (Å²) in [5.74, 6) is -0.255. The van der Waals surface area contributed by atoms with Crippen molar-refractivity contribution in [1.82, 2.24) is 9.88 Å². The monoisotopic (exact) mass is 300 g/mol. The number of carbonyl (C=O) groups is 1. The topological polar surface area (TPSA) is 71.3 Å². The van der Waals surface area contributed by atoms with Crippen molar-refractivity contribution in [2.24, 2.45) is 7.05 Å². The lowest BCUT2D eigenvalue weighted by Crippen LogP contribution is -2.33. The molecule has 1 atom stereocenters. The van der Waals surface area contributed by atoms with Crippen molar-refractivity contribution in [3.63, 3.8) is 0 Å². The first-order valence-electron chi connectivity index (χ1n) is 7.23. The van der Waals surface area contributed by atoms with E-state index < -0.39 is 0 Å². The van der Waals surface area contributed by atoms with Crippen molar-refractivity contribution in [2.45, 2.75) is 12.3 Å². The van der Waals surface area contributed by atoms with Crippen molar-refractivity contribution < 1.29 is 9.90 Å². The Labute approximate surface area is 129 Å². The van der Waals surface area contributed by atoms with Gasteiger partial charge < -0.3 is 15.0 Å². The third-order valence-corrected chi connectivity index (χ3v) is 3.68. The average Bonchev–Trinajstić information content (AvgIpc) is 2.54. The maximum Gasteiger partial charge on any atom is 0.268 e. The van der Waals surface area contributed by atoms with Crippen molar-refractivity contribution in [2.75, 3.05) is 13.2 Å². The molecule has 0 spiro atoms. The highest BCUT2D eigenvalue weighted by Crippen LogP contribution is 2.18. The molecular weight excluding hydrogens is 280 g/mol. The highest BCUT2D eigenvalue weighted by atomic mass is 16.3. The Bertz CT molecular complexity index is 680. The quantitative estimate of drug-likeness (QED) is 0.844. The number of aliphatic hydroxyl groups is 1. The molecule has 2 N–H and O–H groups in total. The number of aromatic nitrogens is 1. The number of nitrogens with zero attached hydrogens (tertiary/aromatic N) is 1. The second-order valence-electron chi connectivity index (χ2n) is 5.14. The Morgan fingerprint density at radius 2 is 1.91 bits per heavy atom. The molecule has 0 radical (unpaired) electrons. The van der Waals surface area contributed by atoms with Crippen LogP contribution in [0.4, 0.5) is 0 Å². The van der Waals surface area contributed by atoms with E-state index in [1.165, 1.54) is 10.6 Å². The Balaban J connectivity index is 2.08. The lowest BCUT2D eigenvalue weighted by Gasteiger charge is -2.17. The second-order valence-corrected chi connectivity index (χ2v) is 5.14. The minimum absolute atomic E-state index is 0.0379. The molecule has 116 valence electrons. The zero-order valence-electron chi connectivity index (χ0n) is 12.5. The molecule has 5 heteroatoms. The summed E-state index contributed by atoms with van der Waals surface area (Å²) in [6.45, 7) is 0.464. The summed E-state index contributed by atoms with van der Waals surface area (Å²) in [7, 11) is 1.57. The minimum atomic E-state index is -0.293. The van der Waals surface area contributed by atoms with Crippen molar-refractivity contribution in [1.29, 1.82) is 0 Å². The Kier molecular flexibility index (Phi) is 5.49. The summed E-state index contributed by atoms with van der Waals surface area (Å²) in [5, 5.41) is 12.0. The smallest absolute Gasteiger partial charge is 0.268 e. The summed E-state index contributed by atoms with van der Waals surface area (Å²) >= 11 is 0. The van der Waals surface area contributed by atoms with Crippen LogP contribution in [0.3, 0.4) is 0 Å². The first-order valence-corrected chi connectivity index (χ1v) is 7.23. The number of hydrogen-bond donors (Lipinski definition) is 2. The maximum atomic E-state index is 12.2. The van der Waals surface area contributed by atoms with Crippen LogP contribution in [0.1, 0.15) is 28.4 Å². The highest BCUT2D eigenvalue weighted by Gasteiger charge is 2.14. The Hall–Kier alpha value is -2.40. The first-order chi connectivity index (χ1) is 10.6. The van der Waals surface area contributed by atoms with Crippen LogP contribution in [0.25, 0.3) is 0 Å². The predicted octanol–water partition coefficient (Wildman–Crippen LogP) is 1.28. The van der Waals surface area contributed by atoms with Crippen LogP contribution in [0.2, 0.25) is 0 Å². The number of carbonyl (C=O) groups excluding carboxylic acids is 1. The molecule has 0 fully saturated rings. The van der Waals surface area contributed by atoms with Crippen molar-refractivity contribution in [3.05, 3.63) is 70.1 Å². The molecular formula is C17H20N2O3. The van der Waals surface area contributed by atoms with Crippen LogP contribution in [0.5, 0.6) is 0 Å². The minimum Gasteiger partial charge on any atom is -0.396 e. The normalized spacial score (nSPS) is 11.9. The summed E-state index contributed by atoms with van der Waals surface area (Å²) in [6.07, 6.45) is 0.567. The Morgan fingerprint density at radius 3 is 2.59 bits per heavy atom. The number of hydrogen-bond acceptors (Lipinski definition) is 3. The summed E-state index contributed by atoms with van der Waals surface area (Å²) in [4.78, 5) is 23.8. The third kappa shape index (κ3) is 3.83. The molecule has 0 aliphatic heterocycles. The van der Waals surface area contributed by atoms with E-state index in [9.17, 15) is 14.7 Å². The molecule has 22 heavy (non-hydrogen) atoms. The molecule has 0 saturated heterocycles. The second kappa shape index (κ2) is 7.56. The number of aliphatic hydroxyl groups excluding tert-OH is 1. The fourth-order valence-corrected chi connectivity index (χ4v) is 2.37. The van der Waals surface area contributed by atoms with Gasteiger partial charge in [0.2, 0.25) is 0 Å². The van der Waals surface area contributed by atoms with E-state index in [1.54, 1.807) is 19.2 Å². The average molecular weight is 300 g/mol. The zero-order valence-corrected chi connectivity index (χ0v) is 12.5. The van der Waals surface area contributed by atoms with Gasteiger partial charge in [-0.3, -0.25) is 9.59 Å². The zero-order chi connectivity index (χ0) is 15.9. The molecule has 0 saturated carbocycles. The van der Waals surface area contributed by atoms with Gasteiger partial charge in [-0.2, -0.15) is 0 Å². The van der Waals surface area contributed by atoms with Gasteiger partial charge in [0.1, 0.15) is 5.69 Å². The van der Waals surface area contributed by atoms with Gasteiger partial charge >= 0.3 is 0 Å². The fraction of sp³-hybridized carbons (Fsp3) is 0.294. The Morgan fingerprint density at radius 1 is 1.18 bits per heavy atom. The SMILES string of the molecule is Cn1c(C(=O)NCC(CCO)c2ccccc2)cccc1=O. The van der Waals surface area contributed by atoms with Gasteiger partial charge in [-0.1, -0.05) is 36.4 Å². The van der Waals surface area contributed by atoms with Gasteiger partial charge in [0.15, 0.2) is 0 Å². The van der Waals surface area contributed by atoms with Gasteiger partial charge in [0, 0.05) is 32.2 Å². The first kappa shape index (κ1) is 16.0. The van der Waals surface area contributed by atoms with E-state index in [1.807, 2.05) is 30.3 Å². The molecule has 0 bridgehead atoms. The van der Waals surface area contributed by atoms with E-state index in [2.05, 4.69) is 5.32 Å². The van der Waals surface area contributed by atoms with Gasteiger partial charge in [0.05, 0.1) is 0 Å². The summed E-state index contributed by atoms with van der Waals surface area (Å²) < 4.78 is 1.32. The molecule has 2 rings (SSSR count). The fourth-order valence-electron chi connectivity index (χ4n) is 2.37. The van der Waals surface area contributed by atoms with Crippen LogP contribution < -0.4 is 10.9 Å². The van der Waals surface area contributed by atoms with Crippen LogP contribution in [-0.2, 0) is 7.05 Å². The largest absolute Gasteiger partial charge is 0.396 e. The van der Waals surface area contributed by atoms with Gasteiger partial charge in [-0.25, -0.2) is 0 Å². The van der Waals surface area contributed by atoms with E-state index in [0.717, 1.165) is 5.56 Å². The molecule has 0 aliphatic rings. The van der Waals surface area contributed by atoms with Gasteiger partial charge in [0.25, 0.3) is 11.5 Å². The summed E-state index contributed by atoms with van der Waals surface area (Å²) in [5.41, 5.74) is 1.17. The van der Waals surface area contributed by atoms with Crippen molar-refractivity contribution in [3.8, 4) is 0 Å². The molecule has 5 nitrogen and oxygen atoms in total. The number of pyridine rings is 1. The summed E-state index contributed by atoms with van der Waals surface area (Å²) in [6, 6.07) is 14.3. The molecule has 1 amide bonds. The molecule has 1 aromatic heterocycles. The van der Waals surface area contributed by atoms with E-state index in [4.69, 9.17) is 0 Å². The van der Waals surface area contributed by atoms with E-state index in [0.29, 0.717) is 18.7 Å². The van der Waals surface area contributed by atoms with Crippen LogP contribution in [0.15, 0.2) is 53.3 Å². The van der Waals surface area contributed by atoms with Crippen LogP contribution in [-0.4, -0.2) is 28.7 Å².